The summed E-state index contributed by atoms with van der Waals surface area (Å²) in [5.41, 5.74) is 2.46. The number of benzene rings is 2. The normalized spacial score (nSPS) is 16.6. The zero-order valence-corrected chi connectivity index (χ0v) is 13.8. The molecule has 130 valence electrons. The maximum atomic E-state index is 13.2. The number of piperazine rings is 1. The van der Waals surface area contributed by atoms with Crippen molar-refractivity contribution in [2.24, 2.45) is 0 Å². The average molecular weight is 343 g/mol. The van der Waals surface area contributed by atoms with Crippen LogP contribution in [0.25, 0.3) is 11.0 Å². The molecule has 1 fully saturated rings. The SMILES string of the molecule is Fc1ccc(CN2CCN(Cc3noc4cc(F)ccc34)CC2)cc1. The average Bonchev–Trinajstić information content (AvgIpc) is 3.00. The number of halogens is 2. The molecule has 0 spiro atoms. The fraction of sp³-hybridized carbons (Fsp3) is 0.316. The Bertz CT molecular complexity index is 855. The van der Waals surface area contributed by atoms with Gasteiger partial charge in [-0.1, -0.05) is 17.3 Å². The van der Waals surface area contributed by atoms with Crippen molar-refractivity contribution in [1.82, 2.24) is 15.0 Å². The van der Waals surface area contributed by atoms with Gasteiger partial charge in [-0.15, -0.1) is 0 Å². The molecule has 0 radical (unpaired) electrons. The number of hydrogen-bond donors (Lipinski definition) is 0. The van der Waals surface area contributed by atoms with E-state index in [1.807, 2.05) is 12.1 Å². The fourth-order valence-electron chi connectivity index (χ4n) is 3.24. The van der Waals surface area contributed by atoms with Crippen LogP contribution in [-0.4, -0.2) is 41.1 Å². The summed E-state index contributed by atoms with van der Waals surface area (Å²) in [5.74, 6) is -0.516. The molecular weight excluding hydrogens is 324 g/mol. The van der Waals surface area contributed by atoms with Crippen LogP contribution in [-0.2, 0) is 13.1 Å². The summed E-state index contributed by atoms with van der Waals surface area (Å²) in [6.45, 7) is 5.28. The van der Waals surface area contributed by atoms with Gasteiger partial charge in [0.15, 0.2) is 5.58 Å². The number of rotatable bonds is 4. The van der Waals surface area contributed by atoms with Gasteiger partial charge in [0.25, 0.3) is 0 Å². The van der Waals surface area contributed by atoms with Gasteiger partial charge in [0.1, 0.15) is 17.3 Å². The molecule has 0 atom stereocenters. The predicted octanol–water partition coefficient (Wildman–Crippen LogP) is 3.42. The smallest absolute Gasteiger partial charge is 0.170 e. The Morgan fingerprint density at radius 3 is 2.20 bits per heavy atom. The quantitative estimate of drug-likeness (QED) is 0.727. The third kappa shape index (κ3) is 3.70. The van der Waals surface area contributed by atoms with Gasteiger partial charge >= 0.3 is 0 Å². The van der Waals surface area contributed by atoms with Crippen molar-refractivity contribution < 1.29 is 13.3 Å². The van der Waals surface area contributed by atoms with Gasteiger partial charge < -0.3 is 4.52 Å². The molecule has 4 rings (SSSR count). The second-order valence-electron chi connectivity index (χ2n) is 6.45. The Labute approximate surface area is 144 Å². The molecule has 3 aromatic rings. The molecule has 1 saturated heterocycles. The number of fused-ring (bicyclic) bond motifs is 1. The molecule has 0 amide bonds. The highest BCUT2D eigenvalue weighted by Gasteiger charge is 2.19. The van der Waals surface area contributed by atoms with E-state index in [-0.39, 0.29) is 11.6 Å². The molecule has 1 aliphatic rings. The van der Waals surface area contributed by atoms with Crippen molar-refractivity contribution in [2.75, 3.05) is 26.2 Å². The highest BCUT2D eigenvalue weighted by atomic mass is 19.1. The van der Waals surface area contributed by atoms with E-state index in [1.165, 1.54) is 24.3 Å². The third-order valence-electron chi connectivity index (χ3n) is 4.67. The number of hydrogen-bond acceptors (Lipinski definition) is 4. The van der Waals surface area contributed by atoms with Gasteiger partial charge in [-0.05, 0) is 29.8 Å². The first-order chi connectivity index (χ1) is 12.2. The third-order valence-corrected chi connectivity index (χ3v) is 4.67. The molecule has 2 heterocycles. The molecule has 0 aliphatic carbocycles. The van der Waals surface area contributed by atoms with Crippen LogP contribution in [0.3, 0.4) is 0 Å². The Kier molecular flexibility index (Phi) is 4.46. The topological polar surface area (TPSA) is 32.5 Å². The summed E-state index contributed by atoms with van der Waals surface area (Å²) in [5, 5.41) is 4.96. The van der Waals surface area contributed by atoms with Crippen LogP contribution in [0.1, 0.15) is 11.3 Å². The van der Waals surface area contributed by atoms with E-state index in [1.54, 1.807) is 6.07 Å². The van der Waals surface area contributed by atoms with Gasteiger partial charge in [0.05, 0.1) is 0 Å². The monoisotopic (exact) mass is 343 g/mol. The van der Waals surface area contributed by atoms with Crippen molar-refractivity contribution in [2.45, 2.75) is 13.1 Å². The predicted molar refractivity (Wildman–Crippen MR) is 90.9 cm³/mol. The van der Waals surface area contributed by atoms with E-state index in [0.717, 1.165) is 49.4 Å². The van der Waals surface area contributed by atoms with E-state index in [9.17, 15) is 8.78 Å². The van der Waals surface area contributed by atoms with Gasteiger partial charge in [0.2, 0.25) is 0 Å². The first-order valence-electron chi connectivity index (χ1n) is 8.40. The van der Waals surface area contributed by atoms with E-state index in [0.29, 0.717) is 12.1 Å². The maximum absolute atomic E-state index is 13.2. The molecule has 0 N–H and O–H groups in total. The summed E-state index contributed by atoms with van der Waals surface area (Å²) < 4.78 is 31.4. The van der Waals surface area contributed by atoms with Crippen LogP contribution in [0, 0.1) is 11.6 Å². The van der Waals surface area contributed by atoms with Gasteiger partial charge in [-0.2, -0.15) is 0 Å². The first kappa shape index (κ1) is 16.2. The number of aromatic nitrogens is 1. The zero-order valence-electron chi connectivity index (χ0n) is 13.8. The summed E-state index contributed by atoms with van der Waals surface area (Å²) in [6.07, 6.45) is 0. The van der Waals surface area contributed by atoms with Crippen molar-refractivity contribution in [3.63, 3.8) is 0 Å². The first-order valence-corrected chi connectivity index (χ1v) is 8.40. The Balaban J connectivity index is 1.34. The lowest BCUT2D eigenvalue weighted by molar-refractivity contribution is 0.120. The van der Waals surface area contributed by atoms with Crippen LogP contribution in [0.4, 0.5) is 8.78 Å². The van der Waals surface area contributed by atoms with Crippen molar-refractivity contribution in [1.29, 1.82) is 0 Å². The van der Waals surface area contributed by atoms with Crippen LogP contribution in [0.2, 0.25) is 0 Å². The molecular formula is C19H19F2N3O. The van der Waals surface area contributed by atoms with Gasteiger partial charge in [-0.25, -0.2) is 8.78 Å². The molecule has 25 heavy (non-hydrogen) atoms. The highest BCUT2D eigenvalue weighted by molar-refractivity contribution is 5.79. The van der Waals surface area contributed by atoms with E-state index < -0.39 is 0 Å². The van der Waals surface area contributed by atoms with Crippen molar-refractivity contribution in [3.8, 4) is 0 Å². The second kappa shape index (κ2) is 6.90. The lowest BCUT2D eigenvalue weighted by Crippen LogP contribution is -2.45. The van der Waals surface area contributed by atoms with Gasteiger partial charge in [-0.3, -0.25) is 9.80 Å². The summed E-state index contributed by atoms with van der Waals surface area (Å²) in [6, 6.07) is 11.2. The molecule has 0 bridgehead atoms. The Morgan fingerprint density at radius 1 is 0.840 bits per heavy atom. The van der Waals surface area contributed by atoms with Crippen LogP contribution < -0.4 is 0 Å². The Morgan fingerprint density at radius 2 is 1.48 bits per heavy atom. The van der Waals surface area contributed by atoms with Crippen LogP contribution in [0.15, 0.2) is 47.0 Å². The van der Waals surface area contributed by atoms with Crippen LogP contribution in [0.5, 0.6) is 0 Å². The Hall–Kier alpha value is -2.31. The second-order valence-corrected chi connectivity index (χ2v) is 6.45. The lowest BCUT2D eigenvalue weighted by atomic mass is 10.1. The minimum atomic E-state index is -0.315. The summed E-state index contributed by atoms with van der Waals surface area (Å²) in [7, 11) is 0. The zero-order chi connectivity index (χ0) is 17.2. The number of nitrogens with zero attached hydrogens (tertiary/aromatic N) is 3. The molecule has 6 heteroatoms. The van der Waals surface area contributed by atoms with Crippen molar-refractivity contribution in [3.05, 3.63) is 65.4 Å². The molecule has 1 aromatic heterocycles. The molecule has 2 aromatic carbocycles. The maximum Gasteiger partial charge on any atom is 0.170 e. The standard InChI is InChI=1S/C19H19F2N3O/c20-15-3-1-14(2-4-15)12-23-7-9-24(10-8-23)13-18-17-6-5-16(21)11-19(17)25-22-18/h1-6,11H,7-10,12-13H2. The molecule has 0 saturated carbocycles. The summed E-state index contributed by atoms with van der Waals surface area (Å²) in [4.78, 5) is 4.68. The lowest BCUT2D eigenvalue weighted by Gasteiger charge is -2.34. The highest BCUT2D eigenvalue weighted by Crippen LogP contribution is 2.21. The minimum absolute atomic E-state index is 0.201. The summed E-state index contributed by atoms with van der Waals surface area (Å²) >= 11 is 0. The van der Waals surface area contributed by atoms with E-state index in [2.05, 4.69) is 15.0 Å². The van der Waals surface area contributed by atoms with Gasteiger partial charge in [0, 0.05) is 50.7 Å². The van der Waals surface area contributed by atoms with E-state index in [4.69, 9.17) is 4.52 Å². The van der Waals surface area contributed by atoms with E-state index >= 15 is 0 Å². The largest absolute Gasteiger partial charge is 0.356 e. The van der Waals surface area contributed by atoms with Crippen LogP contribution >= 0.6 is 0 Å². The minimum Gasteiger partial charge on any atom is -0.356 e. The molecule has 1 aliphatic heterocycles. The molecule has 4 nitrogen and oxygen atoms in total. The fourth-order valence-corrected chi connectivity index (χ4v) is 3.24. The van der Waals surface area contributed by atoms with Crippen molar-refractivity contribution >= 4 is 11.0 Å². The molecule has 0 unspecified atom stereocenters.